The van der Waals surface area contributed by atoms with Gasteiger partial charge in [-0.3, -0.25) is 4.90 Å². The average molecular weight is 497 g/mol. The van der Waals surface area contributed by atoms with Crippen LogP contribution in [0.15, 0.2) is 24.4 Å². The molecule has 2 aliphatic heterocycles. The van der Waals surface area contributed by atoms with Crippen molar-refractivity contribution in [3.8, 4) is 6.07 Å². The molecule has 0 aromatic carbocycles. The molecule has 3 aliphatic rings. The highest BCUT2D eigenvalue weighted by Gasteiger charge is 2.51. The van der Waals surface area contributed by atoms with Crippen LogP contribution in [0.25, 0.3) is 16.6 Å². The van der Waals surface area contributed by atoms with Crippen LogP contribution < -0.4 is 5.32 Å². The first-order valence-electron chi connectivity index (χ1n) is 12.2. The SMILES string of the molecule is CCS(=O)(=O)N1CC(CC#N)(N2CC=C(c3cc(NCC4(C=O)CC4)nc4[nH]ccc34)C(C)C2)C1. The molecule has 0 amide bonds. The van der Waals surface area contributed by atoms with Crippen LogP contribution in [0.2, 0.25) is 0 Å². The van der Waals surface area contributed by atoms with E-state index in [9.17, 15) is 18.5 Å². The fourth-order valence-corrected chi connectivity index (χ4v) is 6.61. The van der Waals surface area contributed by atoms with Crippen LogP contribution in [-0.4, -0.2) is 77.9 Å². The molecule has 186 valence electrons. The van der Waals surface area contributed by atoms with E-state index in [4.69, 9.17) is 4.98 Å². The number of nitrogens with one attached hydrogen (secondary N) is 2. The molecule has 10 heteroatoms. The number of nitriles is 1. The Hall–Kier alpha value is -2.74. The summed E-state index contributed by atoms with van der Waals surface area (Å²) in [7, 11) is -3.25. The number of nitrogens with zero attached hydrogens (tertiary/aromatic N) is 4. The van der Waals surface area contributed by atoms with Gasteiger partial charge in [0.25, 0.3) is 0 Å². The summed E-state index contributed by atoms with van der Waals surface area (Å²) >= 11 is 0. The number of fused-ring (bicyclic) bond motifs is 1. The Kier molecular flexibility index (Phi) is 5.98. The Morgan fingerprint density at radius 2 is 2.14 bits per heavy atom. The molecule has 2 N–H and O–H groups in total. The zero-order valence-electron chi connectivity index (χ0n) is 20.2. The normalized spacial score (nSPS) is 23.8. The molecule has 2 aromatic rings. The van der Waals surface area contributed by atoms with Crippen LogP contribution in [0.4, 0.5) is 5.82 Å². The second-order valence-electron chi connectivity index (χ2n) is 10.3. The molecule has 1 saturated carbocycles. The number of carbonyl (C=O) groups excluding carboxylic acids is 1. The summed E-state index contributed by atoms with van der Waals surface area (Å²) < 4.78 is 26.1. The van der Waals surface area contributed by atoms with Crippen molar-refractivity contribution in [2.75, 3.05) is 43.8 Å². The number of H-pyrrole nitrogens is 1. The molecule has 1 unspecified atom stereocenters. The van der Waals surface area contributed by atoms with Crippen LogP contribution in [0, 0.1) is 22.7 Å². The molecule has 5 rings (SSSR count). The quantitative estimate of drug-likeness (QED) is 0.512. The van der Waals surface area contributed by atoms with Gasteiger partial charge in [0.05, 0.1) is 23.8 Å². The molecular weight excluding hydrogens is 464 g/mol. The first-order valence-corrected chi connectivity index (χ1v) is 13.8. The Balaban J connectivity index is 1.39. The van der Waals surface area contributed by atoms with Gasteiger partial charge in [-0.15, -0.1) is 0 Å². The van der Waals surface area contributed by atoms with Gasteiger partial charge in [0.15, 0.2) is 0 Å². The number of rotatable bonds is 9. The maximum Gasteiger partial charge on any atom is 0.213 e. The summed E-state index contributed by atoms with van der Waals surface area (Å²) in [5.41, 5.74) is 2.45. The molecule has 0 radical (unpaired) electrons. The number of pyridine rings is 1. The molecule has 2 aromatic heterocycles. The van der Waals surface area contributed by atoms with E-state index in [1.54, 1.807) is 6.92 Å². The van der Waals surface area contributed by atoms with Crippen molar-refractivity contribution in [1.82, 2.24) is 19.2 Å². The van der Waals surface area contributed by atoms with Crippen LogP contribution in [-0.2, 0) is 14.8 Å². The van der Waals surface area contributed by atoms with E-state index in [2.05, 4.69) is 40.3 Å². The number of hydrogen-bond donors (Lipinski definition) is 2. The van der Waals surface area contributed by atoms with Gasteiger partial charge in [0.1, 0.15) is 17.8 Å². The maximum absolute atomic E-state index is 12.3. The molecule has 2 fully saturated rings. The van der Waals surface area contributed by atoms with Crippen LogP contribution in [0.1, 0.15) is 38.7 Å². The fourth-order valence-electron chi connectivity index (χ4n) is 5.37. The van der Waals surface area contributed by atoms with Gasteiger partial charge in [0.2, 0.25) is 10.0 Å². The van der Waals surface area contributed by atoms with Gasteiger partial charge < -0.3 is 15.1 Å². The smallest absolute Gasteiger partial charge is 0.213 e. The van der Waals surface area contributed by atoms with Gasteiger partial charge in [0, 0.05) is 49.7 Å². The lowest BCUT2D eigenvalue weighted by Crippen LogP contribution is -2.72. The summed E-state index contributed by atoms with van der Waals surface area (Å²) in [6.07, 6.45) is 7.30. The minimum Gasteiger partial charge on any atom is -0.369 e. The van der Waals surface area contributed by atoms with Gasteiger partial charge >= 0.3 is 0 Å². The third-order valence-electron chi connectivity index (χ3n) is 7.94. The Morgan fingerprint density at radius 1 is 1.37 bits per heavy atom. The third kappa shape index (κ3) is 4.26. The van der Waals surface area contributed by atoms with Crippen molar-refractivity contribution in [2.45, 2.75) is 38.6 Å². The van der Waals surface area contributed by atoms with Gasteiger partial charge in [-0.05, 0) is 49.0 Å². The molecule has 4 heterocycles. The van der Waals surface area contributed by atoms with Crippen molar-refractivity contribution in [2.24, 2.45) is 11.3 Å². The van der Waals surface area contributed by atoms with Crippen molar-refractivity contribution >= 4 is 38.7 Å². The van der Waals surface area contributed by atoms with Crippen LogP contribution in [0.5, 0.6) is 0 Å². The Labute approximate surface area is 206 Å². The van der Waals surface area contributed by atoms with Gasteiger partial charge in [-0.1, -0.05) is 13.0 Å². The highest BCUT2D eigenvalue weighted by molar-refractivity contribution is 7.89. The number of aromatic amines is 1. The lowest BCUT2D eigenvalue weighted by Gasteiger charge is -2.55. The van der Waals surface area contributed by atoms with Crippen molar-refractivity contribution in [3.63, 3.8) is 0 Å². The lowest BCUT2D eigenvalue weighted by molar-refractivity contribution is -0.111. The van der Waals surface area contributed by atoms with E-state index in [1.807, 2.05) is 12.3 Å². The molecule has 1 saturated heterocycles. The number of anilines is 1. The topological polar surface area (TPSA) is 122 Å². The lowest BCUT2D eigenvalue weighted by atomic mass is 9.82. The maximum atomic E-state index is 12.3. The van der Waals surface area contributed by atoms with E-state index < -0.39 is 15.6 Å². The van der Waals surface area contributed by atoms with Gasteiger partial charge in [-0.25, -0.2) is 13.4 Å². The average Bonchev–Trinajstić information content (AvgIpc) is 3.46. The molecule has 0 spiro atoms. The molecule has 1 aliphatic carbocycles. The predicted octanol–water partition coefficient (Wildman–Crippen LogP) is 2.61. The summed E-state index contributed by atoms with van der Waals surface area (Å²) in [5.74, 6) is 1.02. The van der Waals surface area contributed by atoms with Crippen LogP contribution in [0.3, 0.4) is 0 Å². The first kappa shape index (κ1) is 24.0. The zero-order chi connectivity index (χ0) is 24.8. The first-order chi connectivity index (χ1) is 16.7. The molecule has 9 nitrogen and oxygen atoms in total. The second kappa shape index (κ2) is 8.73. The minimum absolute atomic E-state index is 0.0785. The number of aldehydes is 1. The predicted molar refractivity (Wildman–Crippen MR) is 135 cm³/mol. The molecular formula is C25H32N6O3S. The largest absolute Gasteiger partial charge is 0.369 e. The summed E-state index contributed by atoms with van der Waals surface area (Å²) in [6, 6.07) is 6.39. The molecule has 0 bridgehead atoms. The monoisotopic (exact) mass is 496 g/mol. The standard InChI is InChI=1S/C25H32N6O3S/c1-3-35(33,34)31-15-25(16-31,8-9-26)30-11-5-19(18(2)13-30)21-12-22(28-14-24(17-32)6-7-24)29-23-20(21)4-10-27-23/h4-5,10,12,17-18H,3,6-8,11,13-16H2,1-2H3,(H2,27,28,29). The Morgan fingerprint density at radius 3 is 2.77 bits per heavy atom. The molecule has 35 heavy (non-hydrogen) atoms. The van der Waals surface area contributed by atoms with E-state index in [-0.39, 0.29) is 17.1 Å². The highest BCUT2D eigenvalue weighted by atomic mass is 32.2. The zero-order valence-corrected chi connectivity index (χ0v) is 21.1. The summed E-state index contributed by atoms with van der Waals surface area (Å²) in [6.45, 7) is 6.57. The highest BCUT2D eigenvalue weighted by Crippen LogP contribution is 2.44. The summed E-state index contributed by atoms with van der Waals surface area (Å²) in [5, 5.41) is 13.9. The van der Waals surface area contributed by atoms with Crippen molar-refractivity contribution < 1.29 is 13.2 Å². The van der Waals surface area contributed by atoms with E-state index in [1.165, 1.54) is 9.88 Å². The van der Waals surface area contributed by atoms with Crippen LogP contribution >= 0.6 is 0 Å². The summed E-state index contributed by atoms with van der Waals surface area (Å²) in [4.78, 5) is 21.6. The number of hydrogen-bond acceptors (Lipinski definition) is 7. The number of sulfonamides is 1. The van der Waals surface area contributed by atoms with Crippen molar-refractivity contribution in [3.05, 3.63) is 30.0 Å². The number of carbonyl (C=O) groups is 1. The minimum atomic E-state index is -3.25. The number of aromatic nitrogens is 2. The Bertz CT molecular complexity index is 1310. The second-order valence-corrected chi connectivity index (χ2v) is 12.6. The van der Waals surface area contributed by atoms with E-state index in [0.717, 1.165) is 48.1 Å². The fraction of sp³-hybridized carbons (Fsp3) is 0.560. The molecule has 1 atom stereocenters. The van der Waals surface area contributed by atoms with E-state index >= 15 is 0 Å². The third-order valence-corrected chi connectivity index (χ3v) is 9.71. The van der Waals surface area contributed by atoms with Crippen molar-refractivity contribution in [1.29, 1.82) is 5.26 Å². The van der Waals surface area contributed by atoms with Gasteiger partial charge in [-0.2, -0.15) is 9.57 Å². The van der Waals surface area contributed by atoms with E-state index in [0.29, 0.717) is 32.6 Å².